The van der Waals surface area contributed by atoms with Gasteiger partial charge in [0.2, 0.25) is 5.91 Å². The Hall–Kier alpha value is -1.32. The number of rotatable bonds is 7. The molecule has 0 atom stereocenters. The van der Waals surface area contributed by atoms with Crippen LogP contribution in [0.1, 0.15) is 68.9 Å². The molecule has 21 heavy (non-hydrogen) atoms. The summed E-state index contributed by atoms with van der Waals surface area (Å²) in [7, 11) is 0. The fourth-order valence-electron chi connectivity index (χ4n) is 3.55. The van der Waals surface area contributed by atoms with Gasteiger partial charge in [-0.15, -0.1) is 0 Å². The number of aromatic nitrogens is 2. The van der Waals surface area contributed by atoms with Crippen molar-refractivity contribution in [2.45, 2.75) is 70.8 Å². The number of amides is 1. The van der Waals surface area contributed by atoms with Crippen molar-refractivity contribution in [1.29, 1.82) is 0 Å². The van der Waals surface area contributed by atoms with Crippen molar-refractivity contribution in [2.75, 3.05) is 6.54 Å². The SMILES string of the molecule is Cc1cnc(CCNC(=O)CCC2CCCC2)n1C1CC1. The van der Waals surface area contributed by atoms with Crippen molar-refractivity contribution in [2.24, 2.45) is 5.92 Å². The van der Waals surface area contributed by atoms with Crippen molar-refractivity contribution in [3.8, 4) is 0 Å². The van der Waals surface area contributed by atoms with Crippen LogP contribution in [0.15, 0.2) is 6.20 Å². The van der Waals surface area contributed by atoms with Crippen molar-refractivity contribution < 1.29 is 4.79 Å². The normalized spacial score (nSPS) is 19.1. The first-order valence-corrected chi connectivity index (χ1v) is 8.53. The predicted molar refractivity (Wildman–Crippen MR) is 83.1 cm³/mol. The molecule has 0 radical (unpaired) electrons. The maximum Gasteiger partial charge on any atom is 0.220 e. The summed E-state index contributed by atoms with van der Waals surface area (Å²) in [4.78, 5) is 16.4. The van der Waals surface area contributed by atoms with Gasteiger partial charge < -0.3 is 9.88 Å². The van der Waals surface area contributed by atoms with Crippen molar-refractivity contribution >= 4 is 5.91 Å². The molecule has 1 heterocycles. The Morgan fingerprint density at radius 2 is 2.10 bits per heavy atom. The number of imidazole rings is 1. The van der Waals surface area contributed by atoms with E-state index in [-0.39, 0.29) is 5.91 Å². The largest absolute Gasteiger partial charge is 0.356 e. The third-order valence-electron chi connectivity index (χ3n) is 4.90. The number of hydrogen-bond acceptors (Lipinski definition) is 2. The lowest BCUT2D eigenvalue weighted by Crippen LogP contribution is -2.26. The van der Waals surface area contributed by atoms with E-state index in [4.69, 9.17) is 0 Å². The standard InChI is InChI=1S/C17H27N3O/c1-13-12-19-16(20(13)15-7-8-15)10-11-18-17(21)9-6-14-4-2-3-5-14/h12,14-15H,2-11H2,1H3,(H,18,21). The molecule has 1 aromatic heterocycles. The second kappa shape index (κ2) is 6.63. The van der Waals surface area contributed by atoms with Gasteiger partial charge in [0.05, 0.1) is 0 Å². The molecule has 0 bridgehead atoms. The van der Waals surface area contributed by atoms with Gasteiger partial charge in [0, 0.05) is 37.3 Å². The van der Waals surface area contributed by atoms with Crippen LogP contribution in [0.4, 0.5) is 0 Å². The third kappa shape index (κ3) is 3.86. The molecule has 1 aromatic rings. The summed E-state index contributed by atoms with van der Waals surface area (Å²) in [5.41, 5.74) is 1.25. The second-order valence-electron chi connectivity index (χ2n) is 6.71. The lowest BCUT2D eigenvalue weighted by molar-refractivity contribution is -0.121. The van der Waals surface area contributed by atoms with Gasteiger partial charge in [-0.3, -0.25) is 4.79 Å². The zero-order valence-electron chi connectivity index (χ0n) is 13.1. The molecule has 1 N–H and O–H groups in total. The van der Waals surface area contributed by atoms with Crippen LogP contribution in [0, 0.1) is 12.8 Å². The minimum Gasteiger partial charge on any atom is -0.356 e. The number of carbonyl (C=O) groups is 1. The van der Waals surface area contributed by atoms with Crippen LogP contribution in [0.2, 0.25) is 0 Å². The summed E-state index contributed by atoms with van der Waals surface area (Å²) in [6, 6.07) is 0.667. The van der Waals surface area contributed by atoms with Gasteiger partial charge in [-0.2, -0.15) is 0 Å². The molecule has 2 aliphatic rings. The molecule has 2 aliphatic carbocycles. The van der Waals surface area contributed by atoms with E-state index in [0.29, 0.717) is 19.0 Å². The lowest BCUT2D eigenvalue weighted by Gasteiger charge is -2.10. The fraction of sp³-hybridized carbons (Fsp3) is 0.765. The van der Waals surface area contributed by atoms with E-state index in [1.165, 1.54) is 44.2 Å². The van der Waals surface area contributed by atoms with Gasteiger partial charge in [-0.05, 0) is 32.1 Å². The van der Waals surface area contributed by atoms with Crippen LogP contribution >= 0.6 is 0 Å². The molecule has 0 unspecified atom stereocenters. The molecular formula is C17H27N3O. The van der Waals surface area contributed by atoms with Gasteiger partial charge in [-0.1, -0.05) is 25.7 Å². The molecule has 2 saturated carbocycles. The maximum absolute atomic E-state index is 11.9. The number of nitrogens with one attached hydrogen (secondary N) is 1. The molecule has 0 spiro atoms. The summed E-state index contributed by atoms with van der Waals surface area (Å²) >= 11 is 0. The Morgan fingerprint density at radius 3 is 2.81 bits per heavy atom. The Balaban J connectivity index is 1.38. The average molecular weight is 289 g/mol. The molecule has 3 rings (SSSR count). The molecule has 0 aromatic carbocycles. The van der Waals surface area contributed by atoms with Gasteiger partial charge in [0.25, 0.3) is 0 Å². The second-order valence-corrected chi connectivity index (χ2v) is 6.71. The third-order valence-corrected chi connectivity index (χ3v) is 4.90. The smallest absolute Gasteiger partial charge is 0.220 e. The van der Waals surface area contributed by atoms with E-state index in [1.54, 1.807) is 0 Å². The topological polar surface area (TPSA) is 46.9 Å². The van der Waals surface area contributed by atoms with E-state index < -0.39 is 0 Å². The summed E-state index contributed by atoms with van der Waals surface area (Å²) in [6.45, 7) is 2.83. The quantitative estimate of drug-likeness (QED) is 0.838. The Morgan fingerprint density at radius 1 is 1.33 bits per heavy atom. The van der Waals surface area contributed by atoms with E-state index in [9.17, 15) is 4.79 Å². The van der Waals surface area contributed by atoms with Gasteiger partial charge in [0.1, 0.15) is 5.82 Å². The highest BCUT2D eigenvalue weighted by molar-refractivity contribution is 5.75. The first-order chi connectivity index (χ1) is 10.2. The van der Waals surface area contributed by atoms with Crippen molar-refractivity contribution in [1.82, 2.24) is 14.9 Å². The first kappa shape index (κ1) is 14.6. The molecule has 1 amide bonds. The van der Waals surface area contributed by atoms with Crippen LogP contribution < -0.4 is 5.32 Å². The molecule has 2 fully saturated rings. The van der Waals surface area contributed by atoms with Crippen molar-refractivity contribution in [3.63, 3.8) is 0 Å². The number of hydrogen-bond donors (Lipinski definition) is 1. The van der Waals surface area contributed by atoms with Crippen LogP contribution in [0.5, 0.6) is 0 Å². The Labute approximate surface area is 127 Å². The highest BCUT2D eigenvalue weighted by atomic mass is 16.1. The maximum atomic E-state index is 11.9. The highest BCUT2D eigenvalue weighted by Crippen LogP contribution is 2.36. The zero-order valence-corrected chi connectivity index (χ0v) is 13.1. The number of aryl methyl sites for hydroxylation is 1. The Kier molecular flexibility index (Phi) is 4.61. The first-order valence-electron chi connectivity index (χ1n) is 8.53. The van der Waals surface area contributed by atoms with Crippen LogP contribution in [-0.2, 0) is 11.2 Å². The van der Waals surface area contributed by atoms with E-state index in [1.807, 2.05) is 6.20 Å². The van der Waals surface area contributed by atoms with Crippen LogP contribution in [0.25, 0.3) is 0 Å². The van der Waals surface area contributed by atoms with E-state index in [2.05, 4.69) is 21.8 Å². The molecule has 116 valence electrons. The number of carbonyl (C=O) groups excluding carboxylic acids is 1. The molecular weight excluding hydrogens is 262 g/mol. The average Bonchev–Trinajstić information content (AvgIpc) is 3.03. The van der Waals surface area contributed by atoms with Gasteiger partial charge in [-0.25, -0.2) is 4.98 Å². The zero-order chi connectivity index (χ0) is 14.7. The summed E-state index contributed by atoms with van der Waals surface area (Å²) < 4.78 is 2.35. The molecule has 4 heteroatoms. The molecule has 0 saturated heterocycles. The van der Waals surface area contributed by atoms with E-state index >= 15 is 0 Å². The lowest BCUT2D eigenvalue weighted by atomic mass is 10.0. The Bertz CT molecular complexity index is 484. The minimum absolute atomic E-state index is 0.211. The number of nitrogens with zero attached hydrogens (tertiary/aromatic N) is 2. The van der Waals surface area contributed by atoms with Crippen molar-refractivity contribution in [3.05, 3.63) is 17.7 Å². The minimum atomic E-state index is 0.211. The predicted octanol–water partition coefficient (Wildman–Crippen LogP) is 3.16. The fourth-order valence-corrected chi connectivity index (χ4v) is 3.55. The molecule has 4 nitrogen and oxygen atoms in total. The summed E-state index contributed by atoms with van der Waals surface area (Å²) in [5.74, 6) is 2.14. The summed E-state index contributed by atoms with van der Waals surface area (Å²) in [6.07, 6.45) is 12.5. The molecule has 0 aliphatic heterocycles. The monoisotopic (exact) mass is 289 g/mol. The van der Waals surface area contributed by atoms with E-state index in [0.717, 1.165) is 24.6 Å². The summed E-state index contributed by atoms with van der Waals surface area (Å²) in [5, 5.41) is 3.06. The van der Waals surface area contributed by atoms with Gasteiger partial charge >= 0.3 is 0 Å². The van der Waals surface area contributed by atoms with Gasteiger partial charge in [0.15, 0.2) is 0 Å². The van der Waals surface area contributed by atoms with Crippen LogP contribution in [-0.4, -0.2) is 22.0 Å². The highest BCUT2D eigenvalue weighted by Gasteiger charge is 2.27. The van der Waals surface area contributed by atoms with Crippen LogP contribution in [0.3, 0.4) is 0 Å².